The molecule has 1 amide bonds. The van der Waals surface area contributed by atoms with Gasteiger partial charge in [-0.25, -0.2) is 0 Å². The topological polar surface area (TPSA) is 107 Å². The molecule has 2 heterocycles. The van der Waals surface area contributed by atoms with Crippen LogP contribution in [0.4, 0.5) is 11.4 Å². The van der Waals surface area contributed by atoms with Gasteiger partial charge < -0.3 is 20.1 Å². The summed E-state index contributed by atoms with van der Waals surface area (Å²) in [6.45, 7) is 2.26. The predicted molar refractivity (Wildman–Crippen MR) is 153 cm³/mol. The molecule has 0 aliphatic rings. The lowest BCUT2D eigenvalue weighted by molar-refractivity contribution is 0.0950. The van der Waals surface area contributed by atoms with Gasteiger partial charge in [-0.3, -0.25) is 14.6 Å². The highest BCUT2D eigenvalue weighted by Crippen LogP contribution is 2.30. The van der Waals surface area contributed by atoms with Gasteiger partial charge in [0, 0.05) is 17.4 Å². The van der Waals surface area contributed by atoms with Gasteiger partial charge in [-0.15, -0.1) is 0 Å². The number of carbonyl (C=O) groups is 1. The van der Waals surface area contributed by atoms with Crippen LogP contribution in [0.1, 0.15) is 21.6 Å². The monoisotopic (exact) mass is 533 g/mol. The number of nitrogens with one attached hydrogen (secondary N) is 2. The number of pyridine rings is 1. The van der Waals surface area contributed by atoms with Crippen molar-refractivity contribution < 1.29 is 14.3 Å². The maximum Gasteiger partial charge on any atom is 0.299 e. The molecule has 0 unspecified atom stereocenters. The number of benzene rings is 3. The Morgan fingerprint density at radius 3 is 2.42 bits per heavy atom. The van der Waals surface area contributed by atoms with E-state index in [1.807, 2.05) is 49.4 Å². The van der Waals surface area contributed by atoms with Gasteiger partial charge in [0.2, 0.25) is 0 Å². The van der Waals surface area contributed by atoms with Gasteiger partial charge in [0.05, 0.1) is 31.2 Å². The number of aryl methyl sites for hydroxylation is 1. The van der Waals surface area contributed by atoms with Gasteiger partial charge in [-0.1, -0.05) is 29.8 Å². The van der Waals surface area contributed by atoms with Crippen molar-refractivity contribution in [1.82, 2.24) is 20.1 Å². The first-order valence-corrected chi connectivity index (χ1v) is 12.6. The van der Waals surface area contributed by atoms with Crippen LogP contribution in [0.5, 0.6) is 17.2 Å². The van der Waals surface area contributed by atoms with Crippen molar-refractivity contribution in [2.24, 2.45) is 0 Å². The molecule has 0 saturated heterocycles. The number of ether oxygens (including phenoxy) is 2. The first kappa shape index (κ1) is 26.2. The Morgan fingerprint density at radius 2 is 1.70 bits per heavy atom. The summed E-state index contributed by atoms with van der Waals surface area (Å²) in [5.74, 6) is 1.14. The Hall–Kier alpha value is -5.44. The highest BCUT2D eigenvalue weighted by Gasteiger charge is 2.16. The SMILES string of the molecule is COc1ccc(Oc2cnn(-c3ccc(C)cc3)c(=O)c2Nc2cccc(C(=O)NCc3ccccn3)c2)cc1. The third-order valence-corrected chi connectivity index (χ3v) is 6.06. The van der Waals surface area contributed by atoms with E-state index < -0.39 is 5.56 Å². The van der Waals surface area contributed by atoms with Crippen molar-refractivity contribution in [3.63, 3.8) is 0 Å². The summed E-state index contributed by atoms with van der Waals surface area (Å²) in [5, 5.41) is 10.4. The lowest BCUT2D eigenvalue weighted by Crippen LogP contribution is -2.24. The minimum atomic E-state index is -0.417. The number of hydrogen-bond donors (Lipinski definition) is 2. The fourth-order valence-corrected chi connectivity index (χ4v) is 3.93. The number of anilines is 2. The highest BCUT2D eigenvalue weighted by molar-refractivity contribution is 5.95. The number of carbonyl (C=O) groups excluding carboxylic acids is 1. The van der Waals surface area contributed by atoms with E-state index in [1.54, 1.807) is 61.8 Å². The molecule has 2 aromatic heterocycles. The summed E-state index contributed by atoms with van der Waals surface area (Å²) in [5.41, 5.74) is 3.12. The zero-order valence-corrected chi connectivity index (χ0v) is 22.0. The van der Waals surface area contributed by atoms with Gasteiger partial charge in [0.1, 0.15) is 11.5 Å². The second kappa shape index (κ2) is 12.0. The van der Waals surface area contributed by atoms with E-state index in [4.69, 9.17) is 9.47 Å². The minimum absolute atomic E-state index is 0.164. The van der Waals surface area contributed by atoms with E-state index in [2.05, 4.69) is 20.7 Å². The molecule has 0 atom stereocenters. The second-order valence-corrected chi connectivity index (χ2v) is 8.92. The van der Waals surface area contributed by atoms with Gasteiger partial charge in [-0.05, 0) is 73.7 Å². The Labute approximate surface area is 231 Å². The van der Waals surface area contributed by atoms with E-state index in [0.717, 1.165) is 11.3 Å². The van der Waals surface area contributed by atoms with Crippen LogP contribution in [0.2, 0.25) is 0 Å². The fraction of sp³-hybridized carbons (Fsp3) is 0.0968. The molecule has 5 rings (SSSR count). The van der Waals surface area contributed by atoms with Crippen LogP contribution in [0.15, 0.2) is 108 Å². The number of aromatic nitrogens is 3. The molecule has 9 nitrogen and oxygen atoms in total. The van der Waals surface area contributed by atoms with Crippen molar-refractivity contribution in [3.8, 4) is 22.9 Å². The molecule has 0 radical (unpaired) electrons. The predicted octanol–water partition coefficient (Wildman–Crippen LogP) is 5.41. The molecule has 0 fully saturated rings. The van der Waals surface area contributed by atoms with Crippen LogP contribution in [0.3, 0.4) is 0 Å². The minimum Gasteiger partial charge on any atom is -0.497 e. The maximum absolute atomic E-state index is 13.7. The Kier molecular flexibility index (Phi) is 7.82. The molecule has 40 heavy (non-hydrogen) atoms. The van der Waals surface area contributed by atoms with Crippen LogP contribution >= 0.6 is 0 Å². The summed E-state index contributed by atoms with van der Waals surface area (Å²) in [4.78, 5) is 30.8. The van der Waals surface area contributed by atoms with Gasteiger partial charge in [0.15, 0.2) is 11.4 Å². The van der Waals surface area contributed by atoms with Crippen molar-refractivity contribution in [3.05, 3.63) is 131 Å². The fourth-order valence-electron chi connectivity index (χ4n) is 3.93. The first-order chi connectivity index (χ1) is 19.5. The molecule has 3 aromatic carbocycles. The second-order valence-electron chi connectivity index (χ2n) is 8.92. The molecule has 0 aliphatic heterocycles. The zero-order valence-electron chi connectivity index (χ0n) is 22.0. The molecule has 0 saturated carbocycles. The molecular formula is C31H27N5O4. The van der Waals surface area contributed by atoms with E-state index in [0.29, 0.717) is 35.0 Å². The lowest BCUT2D eigenvalue weighted by Gasteiger charge is -2.15. The van der Waals surface area contributed by atoms with Crippen molar-refractivity contribution >= 4 is 17.3 Å². The van der Waals surface area contributed by atoms with Gasteiger partial charge >= 0.3 is 0 Å². The van der Waals surface area contributed by atoms with Crippen LogP contribution < -0.4 is 25.7 Å². The maximum atomic E-state index is 13.7. The smallest absolute Gasteiger partial charge is 0.299 e. The van der Waals surface area contributed by atoms with E-state index in [-0.39, 0.29) is 17.3 Å². The number of amides is 1. The molecule has 0 spiro atoms. The van der Waals surface area contributed by atoms with Gasteiger partial charge in [0.25, 0.3) is 11.5 Å². The van der Waals surface area contributed by atoms with Crippen molar-refractivity contribution in [2.45, 2.75) is 13.5 Å². The average molecular weight is 534 g/mol. The normalized spacial score (nSPS) is 10.6. The molecule has 5 aromatic rings. The van der Waals surface area contributed by atoms with E-state index >= 15 is 0 Å². The molecule has 2 N–H and O–H groups in total. The Morgan fingerprint density at radius 1 is 0.925 bits per heavy atom. The van der Waals surface area contributed by atoms with Crippen molar-refractivity contribution in [1.29, 1.82) is 0 Å². The van der Waals surface area contributed by atoms with E-state index in [9.17, 15) is 9.59 Å². The van der Waals surface area contributed by atoms with Crippen LogP contribution in [0.25, 0.3) is 5.69 Å². The summed E-state index contributed by atoms with van der Waals surface area (Å²) in [6, 6.07) is 26.8. The number of rotatable bonds is 9. The van der Waals surface area contributed by atoms with Crippen LogP contribution in [-0.4, -0.2) is 27.8 Å². The zero-order chi connectivity index (χ0) is 27.9. The molecule has 0 aliphatic carbocycles. The molecule has 0 bridgehead atoms. The third-order valence-electron chi connectivity index (χ3n) is 6.06. The lowest BCUT2D eigenvalue weighted by atomic mass is 10.1. The Bertz CT molecular complexity index is 1670. The highest BCUT2D eigenvalue weighted by atomic mass is 16.5. The Balaban J connectivity index is 1.46. The quantitative estimate of drug-likeness (QED) is 0.261. The number of methoxy groups -OCH3 is 1. The van der Waals surface area contributed by atoms with Gasteiger partial charge in [-0.2, -0.15) is 9.78 Å². The summed E-state index contributed by atoms with van der Waals surface area (Å²) < 4.78 is 12.6. The number of hydrogen-bond acceptors (Lipinski definition) is 7. The summed E-state index contributed by atoms with van der Waals surface area (Å²) in [7, 11) is 1.58. The van der Waals surface area contributed by atoms with E-state index in [1.165, 1.54) is 10.9 Å². The summed E-state index contributed by atoms with van der Waals surface area (Å²) >= 11 is 0. The molecular weight excluding hydrogens is 506 g/mol. The third kappa shape index (κ3) is 6.16. The van der Waals surface area contributed by atoms with Crippen LogP contribution in [-0.2, 0) is 6.54 Å². The molecule has 200 valence electrons. The summed E-state index contributed by atoms with van der Waals surface area (Å²) in [6.07, 6.45) is 3.16. The number of nitrogens with zero attached hydrogens (tertiary/aromatic N) is 3. The first-order valence-electron chi connectivity index (χ1n) is 12.6. The van der Waals surface area contributed by atoms with Crippen LogP contribution in [0, 0.1) is 6.92 Å². The largest absolute Gasteiger partial charge is 0.497 e. The average Bonchev–Trinajstić information content (AvgIpc) is 2.99. The standard InChI is InChI=1S/C31H27N5O4/c1-21-9-11-25(12-10-21)36-31(38)29(28(20-34-36)40-27-15-13-26(39-2)14-16-27)35-23-8-5-6-22(18-23)30(37)33-19-24-7-3-4-17-32-24/h3-18,20,35H,19H2,1-2H3,(H,33,37). The van der Waals surface area contributed by atoms with Crippen molar-refractivity contribution in [2.75, 3.05) is 12.4 Å². The molecule has 9 heteroatoms.